The Morgan fingerprint density at radius 2 is 1.94 bits per heavy atom. The Bertz CT molecular complexity index is 511. The summed E-state index contributed by atoms with van der Waals surface area (Å²) < 4.78 is 10.8. The lowest BCUT2D eigenvalue weighted by Crippen LogP contribution is -1.96. The molecule has 17 heavy (non-hydrogen) atoms. The van der Waals surface area contributed by atoms with Crippen molar-refractivity contribution in [3.8, 4) is 5.75 Å². The summed E-state index contributed by atoms with van der Waals surface area (Å²) in [6.45, 7) is 4.36. The molecule has 0 N–H and O–H groups in total. The van der Waals surface area contributed by atoms with Crippen molar-refractivity contribution in [1.29, 1.82) is 0 Å². The first-order valence-corrected chi connectivity index (χ1v) is 5.80. The average Bonchev–Trinajstić information content (AvgIpc) is 2.79. The van der Waals surface area contributed by atoms with Gasteiger partial charge < -0.3 is 9.15 Å². The lowest BCUT2D eigenvalue weighted by molar-refractivity contribution is 0.260. The molecule has 4 nitrogen and oxygen atoms in total. The normalized spacial score (nSPS) is 10.5. The molecule has 0 unspecified atom stereocenters. The topological polar surface area (TPSA) is 48.2 Å². The summed E-state index contributed by atoms with van der Waals surface area (Å²) >= 11 is 5.56. The van der Waals surface area contributed by atoms with Crippen LogP contribution in [0.3, 0.4) is 0 Å². The van der Waals surface area contributed by atoms with Gasteiger partial charge in [0.1, 0.15) is 11.6 Å². The number of hydrogen-bond acceptors (Lipinski definition) is 4. The van der Waals surface area contributed by atoms with Gasteiger partial charge in [-0.05, 0) is 37.1 Å². The molecule has 0 fully saturated rings. The Kier molecular flexibility index (Phi) is 3.64. The van der Waals surface area contributed by atoms with Gasteiger partial charge in [0.2, 0.25) is 5.89 Å². The van der Waals surface area contributed by atoms with Gasteiger partial charge in [-0.25, -0.2) is 0 Å². The highest BCUT2D eigenvalue weighted by Crippen LogP contribution is 2.17. The second-order valence-electron chi connectivity index (χ2n) is 3.76. The second-order valence-corrected chi connectivity index (χ2v) is 4.03. The van der Waals surface area contributed by atoms with Crippen LogP contribution in [0.15, 0.2) is 22.6 Å². The highest BCUT2D eigenvalue weighted by atomic mass is 35.5. The molecule has 0 saturated heterocycles. The van der Waals surface area contributed by atoms with Gasteiger partial charge in [0.05, 0.1) is 0 Å². The Balaban J connectivity index is 1.99. The van der Waals surface area contributed by atoms with Crippen LogP contribution in [0.25, 0.3) is 0 Å². The Labute approximate surface area is 105 Å². The fourth-order valence-corrected chi connectivity index (χ4v) is 1.46. The third-order valence-corrected chi connectivity index (χ3v) is 2.69. The molecule has 1 aromatic carbocycles. The first kappa shape index (κ1) is 11.9. The van der Waals surface area contributed by atoms with E-state index in [1.54, 1.807) is 0 Å². The van der Waals surface area contributed by atoms with E-state index in [1.165, 1.54) is 11.1 Å². The van der Waals surface area contributed by atoms with Crippen LogP contribution in [-0.2, 0) is 12.5 Å². The van der Waals surface area contributed by atoms with Crippen molar-refractivity contribution in [2.75, 3.05) is 0 Å². The van der Waals surface area contributed by atoms with Crippen molar-refractivity contribution in [1.82, 2.24) is 10.2 Å². The molecule has 0 bridgehead atoms. The van der Waals surface area contributed by atoms with Crippen LogP contribution in [0.4, 0.5) is 0 Å². The van der Waals surface area contributed by atoms with Gasteiger partial charge in [0.15, 0.2) is 6.61 Å². The number of rotatable bonds is 4. The zero-order valence-corrected chi connectivity index (χ0v) is 10.5. The average molecular weight is 253 g/mol. The van der Waals surface area contributed by atoms with E-state index >= 15 is 0 Å². The lowest BCUT2D eigenvalue weighted by atomic mass is 10.1. The maximum Gasteiger partial charge on any atom is 0.253 e. The van der Waals surface area contributed by atoms with Gasteiger partial charge in [-0.1, -0.05) is 6.07 Å². The molecule has 0 amide bonds. The van der Waals surface area contributed by atoms with Crippen molar-refractivity contribution < 1.29 is 9.15 Å². The third-order valence-electron chi connectivity index (χ3n) is 2.46. The van der Waals surface area contributed by atoms with E-state index < -0.39 is 0 Å². The molecule has 90 valence electrons. The van der Waals surface area contributed by atoms with E-state index in [4.69, 9.17) is 20.8 Å². The van der Waals surface area contributed by atoms with Crippen LogP contribution in [0, 0.1) is 13.8 Å². The highest BCUT2D eigenvalue weighted by molar-refractivity contribution is 6.16. The monoisotopic (exact) mass is 252 g/mol. The number of aryl methyl sites for hydroxylation is 2. The number of aromatic nitrogens is 2. The van der Waals surface area contributed by atoms with E-state index in [-0.39, 0.29) is 12.5 Å². The summed E-state index contributed by atoms with van der Waals surface area (Å²) in [7, 11) is 0. The quantitative estimate of drug-likeness (QED) is 0.785. The number of alkyl halides is 1. The Morgan fingerprint density at radius 3 is 2.59 bits per heavy atom. The molecular formula is C12H13ClN2O2. The minimum Gasteiger partial charge on any atom is -0.484 e. The maximum absolute atomic E-state index is 5.56. The molecule has 0 aliphatic rings. The Hall–Kier alpha value is -1.55. The van der Waals surface area contributed by atoms with Gasteiger partial charge in [-0.3, -0.25) is 0 Å². The standard InChI is InChI=1S/C12H13ClN2O2/c1-8-3-4-10(5-9(8)2)16-7-12-15-14-11(6-13)17-12/h3-5H,6-7H2,1-2H3. The number of nitrogens with zero attached hydrogens (tertiary/aromatic N) is 2. The van der Waals surface area contributed by atoms with E-state index in [0.717, 1.165) is 5.75 Å². The SMILES string of the molecule is Cc1ccc(OCc2nnc(CCl)o2)cc1C. The van der Waals surface area contributed by atoms with Crippen molar-refractivity contribution in [3.63, 3.8) is 0 Å². The predicted molar refractivity (Wildman–Crippen MR) is 64.1 cm³/mol. The number of ether oxygens (including phenoxy) is 1. The van der Waals surface area contributed by atoms with Crippen molar-refractivity contribution >= 4 is 11.6 Å². The summed E-state index contributed by atoms with van der Waals surface area (Å²) in [4.78, 5) is 0. The predicted octanol–water partition coefficient (Wildman–Crippen LogP) is 3.00. The number of halogens is 1. The van der Waals surface area contributed by atoms with E-state index in [0.29, 0.717) is 11.8 Å². The van der Waals surface area contributed by atoms with Crippen LogP contribution in [0.2, 0.25) is 0 Å². The van der Waals surface area contributed by atoms with E-state index in [1.807, 2.05) is 25.1 Å². The largest absolute Gasteiger partial charge is 0.484 e. The zero-order chi connectivity index (χ0) is 12.3. The fourth-order valence-electron chi connectivity index (χ4n) is 1.35. The number of benzene rings is 1. The van der Waals surface area contributed by atoms with Crippen molar-refractivity contribution in [2.24, 2.45) is 0 Å². The molecule has 0 atom stereocenters. The van der Waals surface area contributed by atoms with Crippen molar-refractivity contribution in [3.05, 3.63) is 41.1 Å². The lowest BCUT2D eigenvalue weighted by Gasteiger charge is -2.05. The summed E-state index contributed by atoms with van der Waals surface area (Å²) in [6.07, 6.45) is 0. The molecule has 1 aromatic heterocycles. The number of hydrogen-bond donors (Lipinski definition) is 0. The summed E-state index contributed by atoms with van der Waals surface area (Å²) in [6, 6.07) is 5.91. The molecule has 2 aromatic rings. The van der Waals surface area contributed by atoms with Crippen LogP contribution < -0.4 is 4.74 Å². The molecular weight excluding hydrogens is 240 g/mol. The maximum atomic E-state index is 5.56. The molecule has 1 heterocycles. The van der Waals surface area contributed by atoms with Gasteiger partial charge in [0.25, 0.3) is 5.89 Å². The Morgan fingerprint density at radius 1 is 1.18 bits per heavy atom. The summed E-state index contributed by atoms with van der Waals surface area (Å²) in [5.41, 5.74) is 2.43. The minimum absolute atomic E-state index is 0.219. The first-order valence-electron chi connectivity index (χ1n) is 5.26. The van der Waals surface area contributed by atoms with Gasteiger partial charge >= 0.3 is 0 Å². The molecule has 2 rings (SSSR count). The van der Waals surface area contributed by atoms with Crippen LogP contribution in [0.5, 0.6) is 5.75 Å². The van der Waals surface area contributed by atoms with Crippen LogP contribution >= 0.6 is 11.6 Å². The van der Waals surface area contributed by atoms with Gasteiger partial charge in [-0.2, -0.15) is 0 Å². The summed E-state index contributed by atoms with van der Waals surface area (Å²) in [5.74, 6) is 1.85. The fraction of sp³-hybridized carbons (Fsp3) is 0.333. The van der Waals surface area contributed by atoms with E-state index in [9.17, 15) is 0 Å². The molecule has 0 saturated carbocycles. The zero-order valence-electron chi connectivity index (χ0n) is 9.74. The van der Waals surface area contributed by atoms with E-state index in [2.05, 4.69) is 17.1 Å². The molecule has 5 heteroatoms. The second kappa shape index (κ2) is 5.19. The molecule has 0 spiro atoms. The third kappa shape index (κ3) is 2.97. The van der Waals surface area contributed by atoms with Gasteiger partial charge in [0, 0.05) is 0 Å². The highest BCUT2D eigenvalue weighted by Gasteiger charge is 2.05. The summed E-state index contributed by atoms with van der Waals surface area (Å²) in [5, 5.41) is 7.57. The molecule has 0 aliphatic heterocycles. The van der Waals surface area contributed by atoms with Crippen LogP contribution in [-0.4, -0.2) is 10.2 Å². The first-order chi connectivity index (χ1) is 8.19. The van der Waals surface area contributed by atoms with Crippen molar-refractivity contribution in [2.45, 2.75) is 26.3 Å². The van der Waals surface area contributed by atoms with Crippen LogP contribution in [0.1, 0.15) is 22.9 Å². The van der Waals surface area contributed by atoms with Gasteiger partial charge in [-0.15, -0.1) is 21.8 Å². The smallest absolute Gasteiger partial charge is 0.253 e. The molecule has 0 radical (unpaired) electrons. The molecule has 0 aliphatic carbocycles. The minimum atomic E-state index is 0.219.